The zero-order chi connectivity index (χ0) is 27.0. The van der Waals surface area contributed by atoms with Crippen LogP contribution in [-0.2, 0) is 26.1 Å². The number of amides is 2. The fourth-order valence-electron chi connectivity index (χ4n) is 4.38. The summed E-state index contributed by atoms with van der Waals surface area (Å²) in [5, 5.41) is 0.282. The number of rotatable bonds is 12. The van der Waals surface area contributed by atoms with Crippen molar-refractivity contribution in [2.45, 2.75) is 52.4 Å². The smallest absolute Gasteiger partial charge is 0.265 e. The third kappa shape index (κ3) is 7.37. The first-order chi connectivity index (χ1) is 17.7. The number of unbranched alkanes of at least 4 members (excludes halogenated alkanes) is 2. The maximum Gasteiger partial charge on any atom is 0.265 e. The minimum absolute atomic E-state index is 0.0928. The lowest BCUT2D eigenvalue weighted by Crippen LogP contribution is -2.56. The molecule has 2 heterocycles. The Kier molecular flexibility index (Phi) is 10.2. The first-order valence-electron chi connectivity index (χ1n) is 12.7. The Hall–Kier alpha value is -2.82. The summed E-state index contributed by atoms with van der Waals surface area (Å²) in [7, 11) is -4.03. The monoisotopic (exact) mass is 545 g/mol. The van der Waals surface area contributed by atoms with Crippen LogP contribution in [0.25, 0.3) is 0 Å². The number of hydrogen-bond donors (Lipinski definition) is 1. The van der Waals surface area contributed by atoms with Gasteiger partial charge in [0.2, 0.25) is 0 Å². The molecule has 0 aromatic heterocycles. The summed E-state index contributed by atoms with van der Waals surface area (Å²) in [6.07, 6.45) is 11.3. The molecule has 1 N–H and O–H groups in total. The summed E-state index contributed by atoms with van der Waals surface area (Å²) >= 11 is 5.49. The van der Waals surface area contributed by atoms with E-state index in [-0.39, 0.29) is 34.7 Å². The van der Waals surface area contributed by atoms with Crippen molar-refractivity contribution in [2.75, 3.05) is 30.3 Å². The number of benzene rings is 1. The average Bonchev–Trinajstić information content (AvgIpc) is 3.20. The highest BCUT2D eigenvalue weighted by molar-refractivity contribution is 7.85. The summed E-state index contributed by atoms with van der Waals surface area (Å²) < 4.78 is 31.4. The van der Waals surface area contributed by atoms with E-state index in [9.17, 15) is 18.0 Å². The number of fused-ring (bicyclic) bond motifs is 1. The molecule has 1 aromatic rings. The standard InChI is InChI=1S/C27H35N3O5S2/c1-3-5-16-29-25(31)23(26(32)30(27(29)36)17-6-4-2)14-9-8-13-22-20-21-12-7-10-15-24(21)28(22)18-11-19-37(33,34)35/h7-10,12-15H,3-6,11,16-20H2,1-2H3,(H,33,34,35)/b9-8+,22-13-. The molecule has 0 bridgehead atoms. The van der Waals surface area contributed by atoms with Crippen molar-refractivity contribution >= 4 is 45.0 Å². The molecule has 2 aliphatic heterocycles. The molecule has 37 heavy (non-hydrogen) atoms. The van der Waals surface area contributed by atoms with Crippen molar-refractivity contribution in [1.82, 2.24) is 9.80 Å². The Balaban J connectivity index is 1.81. The molecule has 1 saturated heterocycles. The topological polar surface area (TPSA) is 98.2 Å². The molecule has 10 heteroatoms. The molecule has 3 rings (SSSR count). The fraction of sp³-hybridized carbons (Fsp3) is 0.444. The summed E-state index contributed by atoms with van der Waals surface area (Å²) in [6, 6.07) is 7.89. The molecule has 0 radical (unpaired) electrons. The van der Waals surface area contributed by atoms with E-state index in [1.807, 2.05) is 49.1 Å². The molecule has 0 spiro atoms. The second kappa shape index (κ2) is 13.1. The van der Waals surface area contributed by atoms with Gasteiger partial charge in [-0.15, -0.1) is 0 Å². The number of carbonyl (C=O) groups is 2. The van der Waals surface area contributed by atoms with E-state index in [1.54, 1.807) is 18.2 Å². The minimum atomic E-state index is -4.03. The molecule has 1 fully saturated rings. The molecule has 0 saturated carbocycles. The van der Waals surface area contributed by atoms with Crippen molar-refractivity contribution in [2.24, 2.45) is 0 Å². The van der Waals surface area contributed by atoms with E-state index in [0.717, 1.165) is 42.6 Å². The largest absolute Gasteiger partial charge is 0.345 e. The van der Waals surface area contributed by atoms with Gasteiger partial charge >= 0.3 is 0 Å². The molecule has 2 aliphatic rings. The highest BCUT2D eigenvalue weighted by Crippen LogP contribution is 2.34. The number of carbonyl (C=O) groups excluding carboxylic acids is 2. The number of thiocarbonyl (C=S) groups is 1. The van der Waals surface area contributed by atoms with Gasteiger partial charge in [0.05, 0.1) is 5.75 Å². The Bertz CT molecular complexity index is 1190. The van der Waals surface area contributed by atoms with E-state index in [4.69, 9.17) is 16.8 Å². The van der Waals surface area contributed by atoms with Gasteiger partial charge in [-0.05, 0) is 55.3 Å². The second-order valence-electron chi connectivity index (χ2n) is 9.12. The molecule has 0 atom stereocenters. The number of anilines is 1. The molecule has 8 nitrogen and oxygen atoms in total. The summed E-state index contributed by atoms with van der Waals surface area (Å²) in [4.78, 5) is 31.3. The highest BCUT2D eigenvalue weighted by Gasteiger charge is 2.38. The van der Waals surface area contributed by atoms with E-state index >= 15 is 0 Å². The Morgan fingerprint density at radius 2 is 1.46 bits per heavy atom. The lowest BCUT2D eigenvalue weighted by molar-refractivity contribution is -0.133. The summed E-state index contributed by atoms with van der Waals surface area (Å²) in [6.45, 7) is 5.47. The number of nitrogens with zero attached hydrogens (tertiary/aromatic N) is 3. The number of allylic oxidation sites excluding steroid dienone is 5. The van der Waals surface area contributed by atoms with Gasteiger partial charge in [-0.2, -0.15) is 8.42 Å². The fourth-order valence-corrected chi connectivity index (χ4v) is 5.22. The SMILES string of the molecule is CCCCN1C(=O)C(=C/C=C/C=C2/Cc3ccccc3N2CCCS(=O)(=O)O)C(=O)N(CCCC)C1=S. The molecule has 0 unspecified atom stereocenters. The van der Waals surface area contributed by atoms with Gasteiger partial charge in [0, 0.05) is 37.4 Å². The highest BCUT2D eigenvalue weighted by atomic mass is 32.2. The van der Waals surface area contributed by atoms with Gasteiger partial charge in [-0.25, -0.2) is 0 Å². The molecule has 1 aromatic carbocycles. The van der Waals surface area contributed by atoms with Gasteiger partial charge in [0.15, 0.2) is 5.11 Å². The van der Waals surface area contributed by atoms with Crippen molar-refractivity contribution in [3.05, 3.63) is 65.4 Å². The Labute approximate surface area is 225 Å². The van der Waals surface area contributed by atoms with Gasteiger partial charge in [0.1, 0.15) is 5.57 Å². The number of hydrogen-bond acceptors (Lipinski definition) is 6. The lowest BCUT2D eigenvalue weighted by atomic mass is 10.1. The van der Waals surface area contributed by atoms with Crippen LogP contribution in [0.4, 0.5) is 5.69 Å². The average molecular weight is 546 g/mol. The third-order valence-corrected chi connectivity index (χ3v) is 7.58. The van der Waals surface area contributed by atoms with Crippen molar-refractivity contribution in [3.8, 4) is 0 Å². The summed E-state index contributed by atoms with van der Waals surface area (Å²) in [5.41, 5.74) is 3.18. The predicted octanol–water partition coefficient (Wildman–Crippen LogP) is 4.25. The van der Waals surface area contributed by atoms with E-state index in [0.29, 0.717) is 26.1 Å². The first kappa shape index (κ1) is 28.7. The van der Waals surface area contributed by atoms with Crippen molar-refractivity contribution in [1.29, 1.82) is 0 Å². The van der Waals surface area contributed by atoms with Crippen molar-refractivity contribution < 1.29 is 22.6 Å². The van der Waals surface area contributed by atoms with Crippen LogP contribution in [0.15, 0.2) is 59.8 Å². The van der Waals surface area contributed by atoms with Gasteiger partial charge < -0.3 is 4.90 Å². The van der Waals surface area contributed by atoms with Crippen LogP contribution in [0.2, 0.25) is 0 Å². The molecular weight excluding hydrogens is 510 g/mol. The first-order valence-corrected chi connectivity index (χ1v) is 14.8. The van der Waals surface area contributed by atoms with Gasteiger partial charge in [0.25, 0.3) is 21.9 Å². The van der Waals surface area contributed by atoms with Gasteiger partial charge in [-0.3, -0.25) is 23.9 Å². The van der Waals surface area contributed by atoms with Crippen molar-refractivity contribution in [3.63, 3.8) is 0 Å². The molecule has 2 amide bonds. The zero-order valence-corrected chi connectivity index (χ0v) is 23.1. The van der Waals surface area contributed by atoms with Crippen LogP contribution in [0.3, 0.4) is 0 Å². The van der Waals surface area contributed by atoms with E-state index in [2.05, 4.69) is 0 Å². The van der Waals surface area contributed by atoms with Crippen LogP contribution in [0, 0.1) is 0 Å². The summed E-state index contributed by atoms with van der Waals surface area (Å²) in [5.74, 6) is -1.04. The van der Waals surface area contributed by atoms with Crippen LogP contribution in [0.5, 0.6) is 0 Å². The normalized spacial score (nSPS) is 17.5. The van der Waals surface area contributed by atoms with E-state index < -0.39 is 10.1 Å². The van der Waals surface area contributed by atoms with Crippen LogP contribution in [0.1, 0.15) is 51.5 Å². The Morgan fingerprint density at radius 3 is 2.05 bits per heavy atom. The maximum atomic E-state index is 13.1. The second-order valence-corrected chi connectivity index (χ2v) is 11.1. The zero-order valence-electron chi connectivity index (χ0n) is 21.4. The molecular formula is C27H35N3O5S2. The lowest BCUT2D eigenvalue weighted by Gasteiger charge is -2.36. The van der Waals surface area contributed by atoms with Crippen LogP contribution < -0.4 is 4.90 Å². The van der Waals surface area contributed by atoms with Crippen LogP contribution >= 0.6 is 12.2 Å². The quantitative estimate of drug-likeness (QED) is 0.181. The maximum absolute atomic E-state index is 13.1. The predicted molar refractivity (Wildman–Crippen MR) is 150 cm³/mol. The van der Waals surface area contributed by atoms with Gasteiger partial charge in [-0.1, -0.05) is 57.0 Å². The Morgan fingerprint density at radius 1 is 0.892 bits per heavy atom. The number of para-hydroxylation sites is 1. The minimum Gasteiger partial charge on any atom is -0.345 e. The molecule has 200 valence electrons. The van der Waals surface area contributed by atoms with Crippen LogP contribution in [-0.4, -0.2) is 65.1 Å². The third-order valence-electron chi connectivity index (χ3n) is 6.33. The molecule has 0 aliphatic carbocycles. The van der Waals surface area contributed by atoms with E-state index in [1.165, 1.54) is 9.80 Å².